The van der Waals surface area contributed by atoms with Gasteiger partial charge in [-0.2, -0.15) is 11.8 Å². The van der Waals surface area contributed by atoms with Crippen molar-refractivity contribution in [3.63, 3.8) is 0 Å². The zero-order valence-electron chi connectivity index (χ0n) is 8.71. The number of thioether (sulfide) groups is 1. The maximum Gasteiger partial charge on any atom is 0.0803 e. The van der Waals surface area contributed by atoms with Crippen LogP contribution in [0.4, 0.5) is 0 Å². The first-order valence-electron chi connectivity index (χ1n) is 5.05. The van der Waals surface area contributed by atoms with Gasteiger partial charge in [-0.3, -0.25) is 0 Å². The quantitative estimate of drug-likeness (QED) is 0.707. The van der Waals surface area contributed by atoms with Crippen molar-refractivity contribution in [2.45, 2.75) is 32.1 Å². The van der Waals surface area contributed by atoms with Crippen LogP contribution in [-0.2, 0) is 5.75 Å². The summed E-state index contributed by atoms with van der Waals surface area (Å²) < 4.78 is 0. The Kier molecular flexibility index (Phi) is 2.84. The molecule has 76 valence electrons. The van der Waals surface area contributed by atoms with E-state index >= 15 is 0 Å². The summed E-state index contributed by atoms with van der Waals surface area (Å²) in [5.41, 5.74) is 5.11. The molecule has 2 heteroatoms. The van der Waals surface area contributed by atoms with Crippen molar-refractivity contribution in [2.24, 2.45) is 0 Å². The van der Waals surface area contributed by atoms with Crippen LogP contribution in [0.15, 0.2) is 12.1 Å². The number of hydrogen-bond acceptors (Lipinski definition) is 2. The van der Waals surface area contributed by atoms with Gasteiger partial charge in [0, 0.05) is 5.75 Å². The standard InChI is InChI=1S/C12H16OS/c1-8-3-4-9(2)12-10(8)7-14-6-5-11(12)13/h3-4,11,13H,5-7H2,1-2H3/t11-/m1/s1. The molecule has 0 spiro atoms. The normalized spacial score (nSPS) is 21.5. The first-order chi connectivity index (χ1) is 6.70. The van der Waals surface area contributed by atoms with E-state index in [0.29, 0.717) is 0 Å². The molecule has 0 radical (unpaired) electrons. The second-order valence-electron chi connectivity index (χ2n) is 3.95. The molecule has 1 aromatic rings. The molecule has 1 aliphatic rings. The van der Waals surface area contributed by atoms with Crippen molar-refractivity contribution in [2.75, 3.05) is 5.75 Å². The van der Waals surface area contributed by atoms with Gasteiger partial charge in [-0.25, -0.2) is 0 Å². The molecular formula is C12H16OS. The maximum atomic E-state index is 10.0. The Morgan fingerprint density at radius 2 is 2.00 bits per heavy atom. The largest absolute Gasteiger partial charge is 0.388 e. The average molecular weight is 208 g/mol. The highest BCUT2D eigenvalue weighted by atomic mass is 32.2. The highest BCUT2D eigenvalue weighted by Gasteiger charge is 2.19. The van der Waals surface area contributed by atoms with Gasteiger partial charge in [0.05, 0.1) is 6.10 Å². The molecule has 0 fully saturated rings. The summed E-state index contributed by atoms with van der Waals surface area (Å²) in [6.07, 6.45) is 0.641. The van der Waals surface area contributed by atoms with Gasteiger partial charge in [-0.05, 0) is 48.3 Å². The summed E-state index contributed by atoms with van der Waals surface area (Å²) in [6.45, 7) is 4.23. The van der Waals surface area contributed by atoms with Crippen LogP contribution in [0.25, 0.3) is 0 Å². The Morgan fingerprint density at radius 1 is 1.29 bits per heavy atom. The third-order valence-corrected chi connectivity index (χ3v) is 3.94. The van der Waals surface area contributed by atoms with Gasteiger partial charge in [0.2, 0.25) is 0 Å². The van der Waals surface area contributed by atoms with Crippen LogP contribution in [0.1, 0.15) is 34.8 Å². The SMILES string of the molecule is Cc1ccc(C)c2c1CSCC[C@H]2O. The van der Waals surface area contributed by atoms with Crippen molar-refractivity contribution >= 4 is 11.8 Å². The molecule has 1 aromatic carbocycles. The fourth-order valence-corrected chi connectivity index (χ4v) is 3.18. The van der Waals surface area contributed by atoms with E-state index < -0.39 is 0 Å². The van der Waals surface area contributed by atoms with E-state index in [1.807, 2.05) is 11.8 Å². The number of aryl methyl sites for hydroxylation is 2. The number of benzene rings is 1. The number of rotatable bonds is 0. The molecule has 0 unspecified atom stereocenters. The monoisotopic (exact) mass is 208 g/mol. The molecule has 0 bridgehead atoms. The molecule has 0 saturated carbocycles. The molecule has 1 nitrogen and oxygen atoms in total. The highest BCUT2D eigenvalue weighted by molar-refractivity contribution is 7.98. The van der Waals surface area contributed by atoms with Crippen LogP contribution < -0.4 is 0 Å². The number of aliphatic hydroxyl groups is 1. The lowest BCUT2D eigenvalue weighted by atomic mass is 9.93. The van der Waals surface area contributed by atoms with Gasteiger partial charge >= 0.3 is 0 Å². The summed E-state index contributed by atoms with van der Waals surface area (Å²) >= 11 is 1.93. The van der Waals surface area contributed by atoms with Gasteiger partial charge in [-0.15, -0.1) is 0 Å². The van der Waals surface area contributed by atoms with Crippen molar-refractivity contribution in [1.82, 2.24) is 0 Å². The first-order valence-corrected chi connectivity index (χ1v) is 6.20. The Bertz CT molecular complexity index is 346. The zero-order valence-corrected chi connectivity index (χ0v) is 9.53. The molecule has 0 aliphatic carbocycles. The fraction of sp³-hybridized carbons (Fsp3) is 0.500. The summed E-state index contributed by atoms with van der Waals surface area (Å²) in [5, 5.41) is 10.0. The van der Waals surface area contributed by atoms with E-state index in [1.54, 1.807) is 0 Å². The third kappa shape index (κ3) is 1.69. The zero-order chi connectivity index (χ0) is 10.1. The molecule has 1 N–H and O–H groups in total. The van der Waals surface area contributed by atoms with E-state index in [4.69, 9.17) is 0 Å². The summed E-state index contributed by atoms with van der Waals surface area (Å²) in [5.74, 6) is 2.12. The van der Waals surface area contributed by atoms with Crippen LogP contribution in [0.3, 0.4) is 0 Å². The highest BCUT2D eigenvalue weighted by Crippen LogP contribution is 2.34. The predicted molar refractivity (Wildman–Crippen MR) is 61.7 cm³/mol. The van der Waals surface area contributed by atoms with Gasteiger partial charge in [0.15, 0.2) is 0 Å². The van der Waals surface area contributed by atoms with E-state index in [1.165, 1.54) is 22.3 Å². The lowest BCUT2D eigenvalue weighted by Crippen LogP contribution is -2.03. The molecule has 2 rings (SSSR count). The van der Waals surface area contributed by atoms with E-state index in [0.717, 1.165) is 17.9 Å². The molecule has 1 aliphatic heterocycles. The van der Waals surface area contributed by atoms with Crippen LogP contribution in [0, 0.1) is 13.8 Å². The summed E-state index contributed by atoms with van der Waals surface area (Å²) in [4.78, 5) is 0. The molecule has 1 heterocycles. The van der Waals surface area contributed by atoms with Gasteiger partial charge in [0.1, 0.15) is 0 Å². The minimum absolute atomic E-state index is 0.250. The topological polar surface area (TPSA) is 20.2 Å². The summed E-state index contributed by atoms with van der Waals surface area (Å²) in [7, 11) is 0. The van der Waals surface area contributed by atoms with Gasteiger partial charge in [0.25, 0.3) is 0 Å². The van der Waals surface area contributed by atoms with E-state index in [9.17, 15) is 5.11 Å². The number of aliphatic hydroxyl groups excluding tert-OH is 1. The molecule has 14 heavy (non-hydrogen) atoms. The lowest BCUT2D eigenvalue weighted by Gasteiger charge is -2.16. The Morgan fingerprint density at radius 3 is 2.79 bits per heavy atom. The van der Waals surface area contributed by atoms with E-state index in [2.05, 4.69) is 26.0 Å². The van der Waals surface area contributed by atoms with Gasteiger partial charge < -0.3 is 5.11 Å². The third-order valence-electron chi connectivity index (χ3n) is 2.92. The van der Waals surface area contributed by atoms with Crippen molar-refractivity contribution in [3.8, 4) is 0 Å². The second-order valence-corrected chi connectivity index (χ2v) is 5.05. The Hall–Kier alpha value is -0.470. The van der Waals surface area contributed by atoms with Crippen LogP contribution in [-0.4, -0.2) is 10.9 Å². The molecule has 0 saturated heterocycles. The average Bonchev–Trinajstić information content (AvgIpc) is 2.35. The lowest BCUT2D eigenvalue weighted by molar-refractivity contribution is 0.174. The minimum Gasteiger partial charge on any atom is -0.388 e. The van der Waals surface area contributed by atoms with Crippen molar-refractivity contribution in [1.29, 1.82) is 0 Å². The molecule has 0 aromatic heterocycles. The second kappa shape index (κ2) is 3.95. The van der Waals surface area contributed by atoms with Crippen LogP contribution >= 0.6 is 11.8 Å². The van der Waals surface area contributed by atoms with Crippen molar-refractivity contribution in [3.05, 3.63) is 34.4 Å². The van der Waals surface area contributed by atoms with E-state index in [-0.39, 0.29) is 6.10 Å². The smallest absolute Gasteiger partial charge is 0.0803 e. The molecule has 1 atom stereocenters. The number of fused-ring (bicyclic) bond motifs is 1. The molecule has 0 amide bonds. The molecular weight excluding hydrogens is 192 g/mol. The first kappa shape index (κ1) is 10.1. The maximum absolute atomic E-state index is 10.0. The van der Waals surface area contributed by atoms with Crippen molar-refractivity contribution < 1.29 is 5.11 Å². The van der Waals surface area contributed by atoms with Crippen LogP contribution in [0.5, 0.6) is 0 Å². The van der Waals surface area contributed by atoms with Gasteiger partial charge in [-0.1, -0.05) is 12.1 Å². The Balaban J connectivity index is 2.57. The fourth-order valence-electron chi connectivity index (χ4n) is 2.06. The minimum atomic E-state index is -0.250. The Labute approximate surface area is 89.5 Å². The van der Waals surface area contributed by atoms with Crippen LogP contribution in [0.2, 0.25) is 0 Å². The predicted octanol–water partition coefficient (Wildman–Crippen LogP) is 2.97. The number of hydrogen-bond donors (Lipinski definition) is 1. The summed E-state index contributed by atoms with van der Waals surface area (Å²) in [6, 6.07) is 4.28.